The number of rotatable bonds is 4. The molecule has 1 aromatic heterocycles. The quantitative estimate of drug-likeness (QED) is 0.798. The third kappa shape index (κ3) is 2.64. The minimum absolute atomic E-state index is 0.241. The van der Waals surface area contributed by atoms with Gasteiger partial charge in [0.15, 0.2) is 6.29 Å². The molecule has 0 unspecified atom stereocenters. The highest BCUT2D eigenvalue weighted by atomic mass is 19.1. The van der Waals surface area contributed by atoms with Gasteiger partial charge in [-0.2, -0.15) is 5.10 Å². The van der Waals surface area contributed by atoms with Crippen LogP contribution < -0.4 is 0 Å². The van der Waals surface area contributed by atoms with E-state index in [0.717, 1.165) is 30.4 Å². The van der Waals surface area contributed by atoms with Crippen LogP contribution in [0.1, 0.15) is 53.2 Å². The number of hydrogen-bond acceptors (Lipinski definition) is 2. The van der Waals surface area contributed by atoms with Crippen molar-refractivity contribution in [3.8, 4) is 0 Å². The minimum atomic E-state index is -0.241. The Labute approximate surface area is 117 Å². The third-order valence-corrected chi connectivity index (χ3v) is 3.95. The molecule has 20 heavy (non-hydrogen) atoms. The first-order chi connectivity index (χ1) is 9.76. The zero-order valence-electron chi connectivity index (χ0n) is 11.3. The highest BCUT2D eigenvalue weighted by molar-refractivity contribution is 5.76. The summed E-state index contributed by atoms with van der Waals surface area (Å²) >= 11 is 0. The lowest BCUT2D eigenvalue weighted by atomic mass is 10.0. The highest BCUT2D eigenvalue weighted by Crippen LogP contribution is 2.34. The van der Waals surface area contributed by atoms with Crippen molar-refractivity contribution >= 4 is 6.29 Å². The van der Waals surface area contributed by atoms with Gasteiger partial charge in [0.25, 0.3) is 0 Å². The van der Waals surface area contributed by atoms with Crippen molar-refractivity contribution in [1.29, 1.82) is 0 Å². The molecule has 104 valence electrons. The van der Waals surface area contributed by atoms with E-state index >= 15 is 0 Å². The Kier molecular flexibility index (Phi) is 3.63. The van der Waals surface area contributed by atoms with E-state index in [0.29, 0.717) is 18.0 Å². The molecule has 2 aromatic rings. The van der Waals surface area contributed by atoms with Crippen LogP contribution in [0.25, 0.3) is 0 Å². The fraction of sp³-hybridized carbons (Fsp3) is 0.375. The predicted octanol–water partition coefficient (Wildman–Crippen LogP) is 3.54. The first-order valence-corrected chi connectivity index (χ1v) is 7.03. The highest BCUT2D eigenvalue weighted by Gasteiger charge is 2.23. The van der Waals surface area contributed by atoms with Crippen LogP contribution in [0.3, 0.4) is 0 Å². The molecule has 1 fully saturated rings. The van der Waals surface area contributed by atoms with E-state index in [4.69, 9.17) is 0 Å². The Morgan fingerprint density at radius 1 is 1.25 bits per heavy atom. The standard InChI is InChI=1S/C16H17FN2O/c17-15-7-5-12(6-8-15)9-19-10-14(11-20)16(18-19)13-3-1-2-4-13/h5-8,10-11,13H,1-4,9H2. The molecule has 0 aliphatic heterocycles. The lowest BCUT2D eigenvalue weighted by Gasteiger charge is -2.06. The largest absolute Gasteiger partial charge is 0.298 e. The molecule has 0 amide bonds. The molecular formula is C16H17FN2O. The maximum absolute atomic E-state index is 12.9. The zero-order chi connectivity index (χ0) is 13.9. The molecule has 0 radical (unpaired) electrons. The maximum atomic E-state index is 12.9. The summed E-state index contributed by atoms with van der Waals surface area (Å²) in [6, 6.07) is 6.37. The van der Waals surface area contributed by atoms with Crippen LogP contribution in [0.2, 0.25) is 0 Å². The van der Waals surface area contributed by atoms with E-state index in [9.17, 15) is 9.18 Å². The monoisotopic (exact) mass is 272 g/mol. The number of hydrogen-bond donors (Lipinski definition) is 0. The summed E-state index contributed by atoms with van der Waals surface area (Å²) < 4.78 is 14.7. The summed E-state index contributed by atoms with van der Waals surface area (Å²) in [5, 5.41) is 4.57. The van der Waals surface area contributed by atoms with E-state index in [1.807, 2.05) is 0 Å². The number of aromatic nitrogens is 2. The van der Waals surface area contributed by atoms with Gasteiger partial charge in [-0.25, -0.2) is 4.39 Å². The molecular weight excluding hydrogens is 255 g/mol. The zero-order valence-corrected chi connectivity index (χ0v) is 11.3. The van der Waals surface area contributed by atoms with Gasteiger partial charge in [-0.1, -0.05) is 25.0 Å². The lowest BCUT2D eigenvalue weighted by Crippen LogP contribution is -2.02. The molecule has 1 heterocycles. The van der Waals surface area contributed by atoms with Crippen LogP contribution in [-0.2, 0) is 6.54 Å². The summed E-state index contributed by atoms with van der Waals surface area (Å²) in [4.78, 5) is 11.2. The van der Waals surface area contributed by atoms with Crippen LogP contribution in [-0.4, -0.2) is 16.1 Å². The van der Waals surface area contributed by atoms with Crippen molar-refractivity contribution < 1.29 is 9.18 Å². The second kappa shape index (κ2) is 5.57. The van der Waals surface area contributed by atoms with E-state index in [-0.39, 0.29) is 5.82 Å². The Morgan fingerprint density at radius 3 is 2.60 bits per heavy atom. The Morgan fingerprint density at radius 2 is 1.95 bits per heavy atom. The molecule has 1 saturated carbocycles. The van der Waals surface area contributed by atoms with Gasteiger partial charge in [0.05, 0.1) is 17.8 Å². The first kappa shape index (κ1) is 13.0. The topological polar surface area (TPSA) is 34.9 Å². The van der Waals surface area contributed by atoms with E-state index in [2.05, 4.69) is 5.10 Å². The second-order valence-electron chi connectivity index (χ2n) is 5.39. The number of nitrogens with zero attached hydrogens (tertiary/aromatic N) is 2. The number of carbonyl (C=O) groups excluding carboxylic acids is 1. The molecule has 1 aromatic carbocycles. The molecule has 4 heteroatoms. The molecule has 0 saturated heterocycles. The van der Waals surface area contributed by atoms with Gasteiger partial charge in [0, 0.05) is 12.1 Å². The summed E-state index contributed by atoms with van der Waals surface area (Å²) in [5.41, 5.74) is 2.60. The molecule has 1 aliphatic carbocycles. The van der Waals surface area contributed by atoms with Crippen molar-refractivity contribution in [2.45, 2.75) is 38.1 Å². The minimum Gasteiger partial charge on any atom is -0.298 e. The third-order valence-electron chi connectivity index (χ3n) is 3.95. The SMILES string of the molecule is O=Cc1cn(Cc2ccc(F)cc2)nc1C1CCCC1. The van der Waals surface area contributed by atoms with E-state index in [1.165, 1.54) is 25.0 Å². The normalized spacial score (nSPS) is 15.7. The fourth-order valence-corrected chi connectivity index (χ4v) is 2.92. The Balaban J connectivity index is 1.83. The van der Waals surface area contributed by atoms with Gasteiger partial charge < -0.3 is 0 Å². The second-order valence-corrected chi connectivity index (χ2v) is 5.39. The van der Waals surface area contributed by atoms with E-state index < -0.39 is 0 Å². The predicted molar refractivity (Wildman–Crippen MR) is 74.3 cm³/mol. The molecule has 0 N–H and O–H groups in total. The first-order valence-electron chi connectivity index (χ1n) is 7.03. The summed E-state index contributed by atoms with van der Waals surface area (Å²) in [7, 11) is 0. The molecule has 0 atom stereocenters. The van der Waals surface area contributed by atoms with Crippen LogP contribution in [0.5, 0.6) is 0 Å². The van der Waals surface area contributed by atoms with Crippen molar-refractivity contribution in [3.63, 3.8) is 0 Å². The molecule has 1 aliphatic rings. The van der Waals surface area contributed by atoms with Gasteiger partial charge in [0.2, 0.25) is 0 Å². The Hall–Kier alpha value is -1.97. The van der Waals surface area contributed by atoms with Crippen LogP contribution in [0.15, 0.2) is 30.5 Å². The summed E-state index contributed by atoms with van der Waals surface area (Å²) in [6.07, 6.45) is 7.36. The van der Waals surface area contributed by atoms with Crippen molar-refractivity contribution in [2.75, 3.05) is 0 Å². The van der Waals surface area contributed by atoms with Gasteiger partial charge >= 0.3 is 0 Å². The fourth-order valence-electron chi connectivity index (χ4n) is 2.92. The molecule has 0 spiro atoms. The van der Waals surface area contributed by atoms with Crippen LogP contribution in [0.4, 0.5) is 4.39 Å². The average Bonchev–Trinajstić information content (AvgIpc) is 3.10. The maximum Gasteiger partial charge on any atom is 0.153 e. The van der Waals surface area contributed by atoms with Gasteiger partial charge in [-0.3, -0.25) is 9.48 Å². The van der Waals surface area contributed by atoms with Crippen LogP contribution in [0, 0.1) is 5.82 Å². The summed E-state index contributed by atoms with van der Waals surface area (Å²) in [6.45, 7) is 0.563. The van der Waals surface area contributed by atoms with Crippen molar-refractivity contribution in [3.05, 3.63) is 53.1 Å². The number of carbonyl (C=O) groups is 1. The number of halogens is 1. The molecule has 0 bridgehead atoms. The molecule has 3 rings (SSSR count). The van der Waals surface area contributed by atoms with Crippen molar-refractivity contribution in [1.82, 2.24) is 9.78 Å². The molecule has 3 nitrogen and oxygen atoms in total. The van der Waals surface area contributed by atoms with E-state index in [1.54, 1.807) is 23.0 Å². The van der Waals surface area contributed by atoms with Gasteiger partial charge in [0.1, 0.15) is 5.82 Å². The number of aldehydes is 1. The average molecular weight is 272 g/mol. The Bertz CT molecular complexity index is 597. The number of benzene rings is 1. The van der Waals surface area contributed by atoms with Gasteiger partial charge in [-0.15, -0.1) is 0 Å². The van der Waals surface area contributed by atoms with Gasteiger partial charge in [-0.05, 0) is 30.5 Å². The summed E-state index contributed by atoms with van der Waals surface area (Å²) in [5.74, 6) is 0.180. The van der Waals surface area contributed by atoms with Crippen LogP contribution >= 0.6 is 0 Å². The smallest absolute Gasteiger partial charge is 0.153 e. The lowest BCUT2D eigenvalue weighted by molar-refractivity contribution is 0.112. The van der Waals surface area contributed by atoms with Crippen molar-refractivity contribution in [2.24, 2.45) is 0 Å².